The summed E-state index contributed by atoms with van der Waals surface area (Å²) in [5.41, 5.74) is 11.4. The molecule has 3 amide bonds. The van der Waals surface area contributed by atoms with Gasteiger partial charge in [0.05, 0.1) is 12.9 Å². The zero-order chi connectivity index (χ0) is 23.9. The van der Waals surface area contributed by atoms with E-state index < -0.39 is 41.8 Å². The van der Waals surface area contributed by atoms with Crippen molar-refractivity contribution >= 4 is 35.5 Å². The summed E-state index contributed by atoms with van der Waals surface area (Å²) in [6, 6.07) is -3.04. The first-order chi connectivity index (χ1) is 15.3. The van der Waals surface area contributed by atoms with Crippen molar-refractivity contribution in [2.24, 2.45) is 11.5 Å². The molecule has 13 heteroatoms. The van der Waals surface area contributed by atoms with Crippen molar-refractivity contribution in [3.8, 4) is 0 Å². The maximum Gasteiger partial charge on any atom is 0.326 e. The lowest BCUT2D eigenvalue weighted by molar-refractivity contribution is -0.142. The number of aromatic nitrogens is 2. The van der Waals surface area contributed by atoms with E-state index >= 15 is 0 Å². The minimum Gasteiger partial charge on any atom is -0.480 e. The molecule has 180 valence electrons. The quantitative estimate of drug-likeness (QED) is 0.137. The molecule has 9 N–H and O–H groups in total. The van der Waals surface area contributed by atoms with Gasteiger partial charge in [-0.1, -0.05) is 0 Å². The molecule has 3 atom stereocenters. The van der Waals surface area contributed by atoms with Crippen molar-refractivity contribution in [3.05, 3.63) is 18.2 Å². The Morgan fingerprint density at radius 2 is 1.72 bits per heavy atom. The molecule has 3 unspecified atom stereocenters. The Bertz CT molecular complexity index is 732. The fraction of sp³-hybridized carbons (Fsp3) is 0.632. The van der Waals surface area contributed by atoms with Gasteiger partial charge in [-0.25, -0.2) is 9.78 Å². The molecule has 0 aliphatic carbocycles. The third kappa shape index (κ3) is 10.1. The number of nitrogens with one attached hydrogen (secondary N) is 4. The van der Waals surface area contributed by atoms with Gasteiger partial charge < -0.3 is 37.5 Å². The lowest BCUT2D eigenvalue weighted by atomic mass is 10.1. The maximum absolute atomic E-state index is 12.8. The van der Waals surface area contributed by atoms with Crippen LogP contribution in [0.2, 0.25) is 0 Å². The molecule has 0 aliphatic heterocycles. The highest BCUT2D eigenvalue weighted by Crippen LogP contribution is 2.07. The topological polar surface area (TPSA) is 205 Å². The zero-order valence-corrected chi connectivity index (χ0v) is 19.0. The molecule has 1 rings (SSSR count). The average Bonchev–Trinajstić information content (AvgIpc) is 3.28. The molecular formula is C19H33N7O5S. The van der Waals surface area contributed by atoms with Crippen LogP contribution in [0.3, 0.4) is 0 Å². The smallest absolute Gasteiger partial charge is 0.326 e. The number of imidazole rings is 1. The van der Waals surface area contributed by atoms with E-state index in [4.69, 9.17) is 11.5 Å². The van der Waals surface area contributed by atoms with Crippen LogP contribution in [0.1, 0.15) is 31.4 Å². The maximum atomic E-state index is 12.8. The Hall–Kier alpha value is -2.64. The summed E-state index contributed by atoms with van der Waals surface area (Å²) in [5.74, 6) is -2.30. The van der Waals surface area contributed by atoms with Gasteiger partial charge in [0.1, 0.15) is 18.1 Å². The number of amides is 3. The van der Waals surface area contributed by atoms with Crippen molar-refractivity contribution in [1.29, 1.82) is 0 Å². The standard InChI is InChI=1S/C19H33N7O5S/c1-32-7-5-14(18(29)26-15(19(30)31)8-12-10-22-11-23-12)25-17(28)13(4-2-3-6-20)24-16(27)9-21/h10-11,13-15H,2-9,20-21H2,1H3,(H,22,23)(H,24,27)(H,25,28)(H,26,29)(H,30,31). The largest absolute Gasteiger partial charge is 0.480 e. The highest BCUT2D eigenvalue weighted by Gasteiger charge is 2.29. The Kier molecular flexibility index (Phi) is 13.0. The molecular weight excluding hydrogens is 438 g/mol. The van der Waals surface area contributed by atoms with Crippen LogP contribution >= 0.6 is 11.8 Å². The molecule has 0 bridgehead atoms. The van der Waals surface area contributed by atoms with Crippen molar-refractivity contribution in [2.75, 3.05) is 25.1 Å². The van der Waals surface area contributed by atoms with Crippen molar-refractivity contribution in [1.82, 2.24) is 25.9 Å². The Morgan fingerprint density at radius 1 is 1.06 bits per heavy atom. The average molecular weight is 472 g/mol. The van der Waals surface area contributed by atoms with Crippen LogP contribution in [-0.2, 0) is 25.6 Å². The first kappa shape index (κ1) is 27.4. The number of carbonyl (C=O) groups excluding carboxylic acids is 3. The number of hydrogen-bond acceptors (Lipinski definition) is 8. The number of hydrogen-bond donors (Lipinski definition) is 7. The summed E-state index contributed by atoms with van der Waals surface area (Å²) in [5, 5.41) is 17.2. The molecule has 0 spiro atoms. The van der Waals surface area contributed by atoms with Gasteiger partial charge in [-0.05, 0) is 44.2 Å². The summed E-state index contributed by atoms with van der Waals surface area (Å²) < 4.78 is 0. The van der Waals surface area contributed by atoms with Crippen molar-refractivity contribution in [2.45, 2.75) is 50.2 Å². The highest BCUT2D eigenvalue weighted by molar-refractivity contribution is 7.98. The van der Waals surface area contributed by atoms with Gasteiger partial charge >= 0.3 is 5.97 Å². The van der Waals surface area contributed by atoms with Crippen molar-refractivity contribution in [3.63, 3.8) is 0 Å². The SMILES string of the molecule is CSCCC(NC(=O)C(CCCCN)NC(=O)CN)C(=O)NC(Cc1cnc[nH]1)C(=O)O. The lowest BCUT2D eigenvalue weighted by Gasteiger charge is -2.24. The molecule has 1 heterocycles. The fourth-order valence-corrected chi connectivity index (χ4v) is 3.35. The Balaban J connectivity index is 2.87. The van der Waals surface area contributed by atoms with E-state index in [1.807, 2.05) is 6.26 Å². The van der Waals surface area contributed by atoms with E-state index in [2.05, 4.69) is 25.9 Å². The van der Waals surface area contributed by atoms with Crippen LogP contribution in [0.15, 0.2) is 12.5 Å². The van der Waals surface area contributed by atoms with Crippen molar-refractivity contribution < 1.29 is 24.3 Å². The molecule has 0 radical (unpaired) electrons. The number of unbranched alkanes of at least 4 members (excludes halogenated alkanes) is 1. The normalized spacial score (nSPS) is 13.6. The number of carboxylic acids is 1. The van der Waals surface area contributed by atoms with Gasteiger partial charge in [-0.2, -0.15) is 11.8 Å². The van der Waals surface area contributed by atoms with Crippen LogP contribution in [-0.4, -0.2) is 82.0 Å². The molecule has 12 nitrogen and oxygen atoms in total. The highest BCUT2D eigenvalue weighted by atomic mass is 32.2. The number of nitrogens with two attached hydrogens (primary N) is 2. The summed E-state index contributed by atoms with van der Waals surface area (Å²) >= 11 is 1.48. The van der Waals surface area contributed by atoms with Crippen LogP contribution in [0.4, 0.5) is 0 Å². The second-order valence-corrected chi connectivity index (χ2v) is 8.12. The fourth-order valence-electron chi connectivity index (χ4n) is 2.88. The van der Waals surface area contributed by atoms with Gasteiger partial charge in [0.15, 0.2) is 0 Å². The van der Waals surface area contributed by atoms with E-state index in [0.717, 1.165) is 0 Å². The van der Waals surface area contributed by atoms with E-state index in [9.17, 15) is 24.3 Å². The zero-order valence-electron chi connectivity index (χ0n) is 18.1. The first-order valence-electron chi connectivity index (χ1n) is 10.3. The number of carbonyl (C=O) groups is 4. The molecule has 0 saturated heterocycles. The summed E-state index contributed by atoms with van der Waals surface area (Å²) in [4.78, 5) is 55.6. The molecule has 1 aromatic heterocycles. The second kappa shape index (κ2) is 15.2. The number of nitrogens with zero attached hydrogens (tertiary/aromatic N) is 1. The van der Waals surface area contributed by atoms with Crippen LogP contribution in [0.25, 0.3) is 0 Å². The molecule has 0 aliphatic rings. The number of thioether (sulfide) groups is 1. The summed E-state index contributed by atoms with van der Waals surface area (Å²) in [6.45, 7) is 0.176. The lowest BCUT2D eigenvalue weighted by Crippen LogP contribution is -2.56. The van der Waals surface area contributed by atoms with Gasteiger partial charge in [0.2, 0.25) is 17.7 Å². The van der Waals surface area contributed by atoms with E-state index in [1.54, 1.807) is 0 Å². The minimum atomic E-state index is -1.21. The van der Waals surface area contributed by atoms with Gasteiger partial charge in [-0.3, -0.25) is 14.4 Å². The summed E-state index contributed by atoms with van der Waals surface area (Å²) in [7, 11) is 0. The third-order valence-electron chi connectivity index (χ3n) is 4.62. The third-order valence-corrected chi connectivity index (χ3v) is 5.27. The van der Waals surface area contributed by atoms with E-state index in [-0.39, 0.29) is 19.4 Å². The van der Waals surface area contributed by atoms with Crippen LogP contribution < -0.4 is 27.4 Å². The van der Waals surface area contributed by atoms with Gasteiger partial charge in [0.25, 0.3) is 0 Å². The number of rotatable bonds is 16. The molecule has 1 aromatic rings. The minimum absolute atomic E-state index is 0.0124. The molecule has 0 fully saturated rings. The molecule has 0 aromatic carbocycles. The predicted molar refractivity (Wildman–Crippen MR) is 121 cm³/mol. The van der Waals surface area contributed by atoms with Gasteiger partial charge in [-0.15, -0.1) is 0 Å². The van der Waals surface area contributed by atoms with Crippen LogP contribution in [0, 0.1) is 0 Å². The van der Waals surface area contributed by atoms with E-state index in [0.29, 0.717) is 37.3 Å². The summed E-state index contributed by atoms with van der Waals surface area (Å²) in [6.07, 6.45) is 6.65. The molecule has 0 saturated carbocycles. The Morgan fingerprint density at radius 3 is 2.25 bits per heavy atom. The number of aromatic amines is 1. The number of carboxylic acid groups (broad SMARTS) is 1. The number of aliphatic carboxylic acids is 1. The molecule has 32 heavy (non-hydrogen) atoms. The van der Waals surface area contributed by atoms with Gasteiger partial charge in [0, 0.05) is 18.3 Å². The first-order valence-corrected chi connectivity index (χ1v) is 11.7. The number of H-pyrrole nitrogens is 1. The van der Waals surface area contributed by atoms with E-state index in [1.165, 1.54) is 24.3 Å². The Labute approximate surface area is 191 Å². The predicted octanol–water partition coefficient (Wildman–Crippen LogP) is -1.67. The monoisotopic (exact) mass is 471 g/mol. The second-order valence-electron chi connectivity index (χ2n) is 7.13. The van der Waals surface area contributed by atoms with Crippen LogP contribution in [0.5, 0.6) is 0 Å².